The molecular weight excluding hydrogens is 400 g/mol. The third-order valence-corrected chi connectivity index (χ3v) is 6.16. The molecule has 1 heterocycles. The molecule has 0 atom stereocenters. The van der Waals surface area contributed by atoms with Crippen molar-refractivity contribution in [3.8, 4) is 6.07 Å². The van der Waals surface area contributed by atoms with Crippen LogP contribution in [0.15, 0.2) is 58.5 Å². The number of hydrogen-bond donors (Lipinski definition) is 0. The lowest BCUT2D eigenvalue weighted by Crippen LogP contribution is -2.21. The van der Waals surface area contributed by atoms with Crippen LogP contribution in [0.1, 0.15) is 30.1 Å². The summed E-state index contributed by atoms with van der Waals surface area (Å²) < 4.78 is 30.3. The summed E-state index contributed by atoms with van der Waals surface area (Å²) in [5.41, 5.74) is 1.31. The zero-order valence-corrected chi connectivity index (χ0v) is 16.6. The SMILES string of the molecule is CCCCOC(=O)c1ccc(N2C=C(C#N)S(=O)(=O)c3ccc(Cl)cc32)cc1. The van der Waals surface area contributed by atoms with Gasteiger partial charge in [-0.3, -0.25) is 0 Å². The molecular formula is C20H17ClN2O4S. The van der Waals surface area contributed by atoms with Crippen LogP contribution < -0.4 is 4.90 Å². The van der Waals surface area contributed by atoms with E-state index in [1.165, 1.54) is 24.4 Å². The molecule has 144 valence electrons. The minimum absolute atomic E-state index is 0.000924. The smallest absolute Gasteiger partial charge is 0.338 e. The topological polar surface area (TPSA) is 87.5 Å². The summed E-state index contributed by atoms with van der Waals surface area (Å²) in [6.07, 6.45) is 2.98. The monoisotopic (exact) mass is 416 g/mol. The van der Waals surface area contributed by atoms with Gasteiger partial charge >= 0.3 is 5.97 Å². The van der Waals surface area contributed by atoms with Gasteiger partial charge in [-0.25, -0.2) is 13.2 Å². The van der Waals surface area contributed by atoms with Crippen molar-refractivity contribution in [3.63, 3.8) is 0 Å². The summed E-state index contributed by atoms with van der Waals surface area (Å²) in [5.74, 6) is -0.419. The summed E-state index contributed by atoms with van der Waals surface area (Å²) in [6.45, 7) is 2.37. The normalized spacial score (nSPS) is 14.6. The number of carbonyl (C=O) groups is 1. The number of halogens is 1. The minimum atomic E-state index is -3.90. The van der Waals surface area contributed by atoms with Gasteiger partial charge < -0.3 is 9.64 Å². The highest BCUT2D eigenvalue weighted by molar-refractivity contribution is 7.95. The van der Waals surface area contributed by atoms with Crippen LogP contribution in [-0.4, -0.2) is 21.0 Å². The highest BCUT2D eigenvalue weighted by atomic mass is 35.5. The molecule has 0 N–H and O–H groups in total. The molecule has 0 aromatic heterocycles. The molecule has 6 nitrogen and oxygen atoms in total. The molecule has 2 aromatic carbocycles. The van der Waals surface area contributed by atoms with Gasteiger partial charge in [0.15, 0.2) is 4.91 Å². The third kappa shape index (κ3) is 3.75. The van der Waals surface area contributed by atoms with E-state index in [4.69, 9.17) is 16.3 Å². The van der Waals surface area contributed by atoms with Crippen LogP contribution in [0, 0.1) is 11.3 Å². The zero-order chi connectivity index (χ0) is 20.3. The third-order valence-electron chi connectivity index (χ3n) is 4.23. The van der Waals surface area contributed by atoms with Crippen LogP contribution in [0.3, 0.4) is 0 Å². The molecule has 1 aliphatic heterocycles. The van der Waals surface area contributed by atoms with E-state index in [1.807, 2.05) is 6.92 Å². The molecule has 0 aliphatic carbocycles. The molecule has 0 radical (unpaired) electrons. The molecule has 0 bridgehead atoms. The van der Waals surface area contributed by atoms with Crippen molar-refractivity contribution in [2.75, 3.05) is 11.5 Å². The molecule has 2 aromatic rings. The molecule has 0 spiro atoms. The van der Waals surface area contributed by atoms with Crippen molar-refractivity contribution in [1.82, 2.24) is 0 Å². The van der Waals surface area contributed by atoms with Crippen LogP contribution >= 0.6 is 11.6 Å². The van der Waals surface area contributed by atoms with Crippen LogP contribution in [0.25, 0.3) is 0 Å². The van der Waals surface area contributed by atoms with E-state index in [-0.39, 0.29) is 9.80 Å². The first-order valence-electron chi connectivity index (χ1n) is 8.61. The van der Waals surface area contributed by atoms with Crippen LogP contribution in [0.4, 0.5) is 11.4 Å². The Balaban J connectivity index is 1.98. The highest BCUT2D eigenvalue weighted by Crippen LogP contribution is 2.40. The molecule has 1 aliphatic rings. The number of fused-ring (bicyclic) bond motifs is 1. The van der Waals surface area contributed by atoms with Gasteiger partial charge in [-0.1, -0.05) is 24.9 Å². The van der Waals surface area contributed by atoms with E-state index in [2.05, 4.69) is 0 Å². The van der Waals surface area contributed by atoms with Crippen molar-refractivity contribution in [3.05, 3.63) is 64.2 Å². The molecule has 8 heteroatoms. The summed E-state index contributed by atoms with van der Waals surface area (Å²) in [4.78, 5) is 13.2. The Bertz CT molecular complexity index is 1090. The largest absolute Gasteiger partial charge is 0.462 e. The van der Waals surface area contributed by atoms with E-state index in [1.54, 1.807) is 35.2 Å². The number of hydrogen-bond acceptors (Lipinski definition) is 6. The van der Waals surface area contributed by atoms with Crippen molar-refractivity contribution in [1.29, 1.82) is 5.26 Å². The number of unbranched alkanes of at least 4 members (excludes halogenated alkanes) is 1. The Morgan fingerprint density at radius 2 is 1.93 bits per heavy atom. The van der Waals surface area contributed by atoms with Crippen molar-refractivity contribution in [2.45, 2.75) is 24.7 Å². The van der Waals surface area contributed by atoms with Gasteiger partial charge in [-0.05, 0) is 48.9 Å². The number of allylic oxidation sites excluding steroid dienone is 1. The highest BCUT2D eigenvalue weighted by Gasteiger charge is 2.32. The predicted molar refractivity (Wildman–Crippen MR) is 106 cm³/mol. The summed E-state index contributed by atoms with van der Waals surface area (Å²) in [7, 11) is -3.90. The van der Waals surface area contributed by atoms with Gasteiger partial charge in [-0.15, -0.1) is 0 Å². The maximum Gasteiger partial charge on any atom is 0.338 e. The van der Waals surface area contributed by atoms with Gasteiger partial charge in [0, 0.05) is 16.9 Å². The van der Waals surface area contributed by atoms with E-state index in [9.17, 15) is 18.5 Å². The van der Waals surface area contributed by atoms with Gasteiger partial charge in [-0.2, -0.15) is 5.26 Å². The number of benzene rings is 2. The fourth-order valence-corrected chi connectivity index (χ4v) is 4.18. The lowest BCUT2D eigenvalue weighted by Gasteiger charge is -2.27. The molecule has 28 heavy (non-hydrogen) atoms. The average molecular weight is 417 g/mol. The fourth-order valence-electron chi connectivity index (χ4n) is 2.73. The maximum absolute atomic E-state index is 12.6. The number of nitrogens with zero attached hydrogens (tertiary/aromatic N) is 2. The standard InChI is InChI=1S/C20H17ClN2O4S/c1-2-3-10-27-20(24)14-4-7-16(8-5-14)23-13-17(12-22)28(25,26)19-9-6-15(21)11-18(19)23/h4-9,11,13H,2-3,10H2,1H3. The molecule has 0 unspecified atom stereocenters. The predicted octanol–water partition coefficient (Wildman–Crippen LogP) is 4.59. The Hall–Kier alpha value is -2.82. The zero-order valence-electron chi connectivity index (χ0n) is 15.1. The van der Waals surface area contributed by atoms with Gasteiger partial charge in [0.25, 0.3) is 0 Å². The molecule has 3 rings (SSSR count). The Morgan fingerprint density at radius 1 is 1.21 bits per heavy atom. The fraction of sp³-hybridized carbons (Fsp3) is 0.200. The van der Waals surface area contributed by atoms with E-state index < -0.39 is 15.8 Å². The Kier molecular flexibility index (Phi) is 5.73. The lowest BCUT2D eigenvalue weighted by atomic mass is 10.1. The van der Waals surface area contributed by atoms with E-state index in [0.29, 0.717) is 28.6 Å². The van der Waals surface area contributed by atoms with Crippen molar-refractivity contribution < 1.29 is 17.9 Å². The number of sulfone groups is 1. The first-order valence-corrected chi connectivity index (χ1v) is 10.5. The number of rotatable bonds is 5. The van der Waals surface area contributed by atoms with Crippen LogP contribution in [0.2, 0.25) is 5.02 Å². The maximum atomic E-state index is 12.6. The van der Waals surface area contributed by atoms with Crippen molar-refractivity contribution in [2.24, 2.45) is 0 Å². The van der Waals surface area contributed by atoms with Gasteiger partial charge in [0.1, 0.15) is 6.07 Å². The van der Waals surface area contributed by atoms with Gasteiger partial charge in [0.2, 0.25) is 9.84 Å². The van der Waals surface area contributed by atoms with Crippen LogP contribution in [0.5, 0.6) is 0 Å². The lowest BCUT2D eigenvalue weighted by molar-refractivity contribution is 0.0500. The van der Waals surface area contributed by atoms with Crippen LogP contribution in [-0.2, 0) is 14.6 Å². The van der Waals surface area contributed by atoms with Gasteiger partial charge in [0.05, 0.1) is 22.8 Å². The Morgan fingerprint density at radius 3 is 2.57 bits per heavy atom. The average Bonchev–Trinajstić information content (AvgIpc) is 2.68. The summed E-state index contributed by atoms with van der Waals surface area (Å²) >= 11 is 6.05. The second-order valence-electron chi connectivity index (χ2n) is 6.13. The second kappa shape index (κ2) is 8.05. The molecule has 0 fully saturated rings. The van der Waals surface area contributed by atoms with E-state index in [0.717, 1.165) is 12.8 Å². The first-order chi connectivity index (χ1) is 13.4. The minimum Gasteiger partial charge on any atom is -0.462 e. The quantitative estimate of drug-likeness (QED) is 0.523. The number of ether oxygens (including phenoxy) is 1. The molecule has 0 amide bonds. The van der Waals surface area contributed by atoms with E-state index >= 15 is 0 Å². The van der Waals surface area contributed by atoms with Crippen molar-refractivity contribution >= 4 is 38.8 Å². The number of esters is 1. The second-order valence-corrected chi connectivity index (χ2v) is 8.45. The number of nitriles is 1. The Labute approximate surface area is 168 Å². The molecule has 0 saturated heterocycles. The first kappa shape index (κ1) is 19.9. The summed E-state index contributed by atoms with van der Waals surface area (Å²) in [6, 6.07) is 12.6. The summed E-state index contributed by atoms with van der Waals surface area (Å²) in [5, 5.41) is 9.64. The number of anilines is 2. The number of carbonyl (C=O) groups excluding carboxylic acids is 1. The molecule has 0 saturated carbocycles.